The molecule has 0 saturated carbocycles. The second-order valence-electron chi connectivity index (χ2n) is 8.95. The number of benzene rings is 1. The third-order valence-corrected chi connectivity index (χ3v) is 5.30. The lowest BCUT2D eigenvalue weighted by Gasteiger charge is -2.35. The first-order valence-corrected chi connectivity index (χ1v) is 11.1. The van der Waals surface area contributed by atoms with Gasteiger partial charge < -0.3 is 15.0 Å². The van der Waals surface area contributed by atoms with Gasteiger partial charge in [-0.2, -0.15) is 14.6 Å². The summed E-state index contributed by atoms with van der Waals surface area (Å²) in [5, 5.41) is 7.78. The molecule has 1 fully saturated rings. The zero-order valence-electron chi connectivity index (χ0n) is 19.0. The second kappa shape index (κ2) is 9.52. The van der Waals surface area contributed by atoms with Crippen molar-refractivity contribution in [3.05, 3.63) is 42.7 Å². The number of piperazine rings is 1. The second-order valence-corrected chi connectivity index (χ2v) is 8.95. The summed E-state index contributed by atoms with van der Waals surface area (Å²) >= 11 is 0. The van der Waals surface area contributed by atoms with Gasteiger partial charge in [-0.05, 0) is 33.7 Å². The number of hydrogen-bond donors (Lipinski definition) is 1. The number of ether oxygens (including phenoxy) is 1. The van der Waals surface area contributed by atoms with Crippen LogP contribution in [0.1, 0.15) is 27.2 Å². The molecule has 1 N–H and O–H groups in total. The molecule has 1 aliphatic rings. The number of nitrogens with one attached hydrogen (secondary N) is 1. The molecule has 0 unspecified atom stereocenters. The van der Waals surface area contributed by atoms with E-state index in [0.29, 0.717) is 18.9 Å². The monoisotopic (exact) mass is 437 g/mol. The average molecular weight is 438 g/mol. The number of nitrogens with zero attached hydrogens (tertiary/aromatic N) is 6. The van der Waals surface area contributed by atoms with E-state index < -0.39 is 5.60 Å². The molecule has 4 rings (SSSR count). The molecule has 2 aromatic heterocycles. The molecule has 0 radical (unpaired) electrons. The van der Waals surface area contributed by atoms with Crippen molar-refractivity contribution in [2.75, 3.05) is 44.6 Å². The smallest absolute Gasteiger partial charge is 0.410 e. The third kappa shape index (κ3) is 5.53. The average Bonchev–Trinajstić information content (AvgIpc) is 3.25. The molecule has 32 heavy (non-hydrogen) atoms. The van der Waals surface area contributed by atoms with Crippen LogP contribution >= 0.6 is 0 Å². The van der Waals surface area contributed by atoms with E-state index in [-0.39, 0.29) is 6.09 Å². The molecule has 0 aliphatic carbocycles. The van der Waals surface area contributed by atoms with Gasteiger partial charge >= 0.3 is 6.09 Å². The van der Waals surface area contributed by atoms with Crippen LogP contribution in [-0.4, -0.2) is 80.3 Å². The highest BCUT2D eigenvalue weighted by molar-refractivity contribution is 5.68. The van der Waals surface area contributed by atoms with Crippen LogP contribution in [0.15, 0.2) is 42.7 Å². The topological polar surface area (TPSA) is 87.9 Å². The zero-order valence-corrected chi connectivity index (χ0v) is 19.0. The van der Waals surface area contributed by atoms with E-state index >= 15 is 0 Å². The van der Waals surface area contributed by atoms with Crippen LogP contribution in [0.2, 0.25) is 0 Å². The third-order valence-electron chi connectivity index (χ3n) is 5.30. The highest BCUT2D eigenvalue weighted by Gasteiger charge is 2.25. The summed E-state index contributed by atoms with van der Waals surface area (Å²) in [4.78, 5) is 25.3. The van der Waals surface area contributed by atoms with Crippen LogP contribution in [0.4, 0.5) is 10.6 Å². The van der Waals surface area contributed by atoms with Gasteiger partial charge in [0, 0.05) is 44.4 Å². The minimum Gasteiger partial charge on any atom is -0.444 e. The summed E-state index contributed by atoms with van der Waals surface area (Å²) in [7, 11) is 0. The van der Waals surface area contributed by atoms with Gasteiger partial charge in [0.25, 0.3) is 5.78 Å². The van der Waals surface area contributed by atoms with Crippen LogP contribution in [0.3, 0.4) is 0 Å². The molecule has 3 aromatic rings. The number of rotatable bonds is 6. The number of carbonyl (C=O) groups excluding carboxylic acids is 1. The SMILES string of the molecule is CC(C)(C)OC(=O)N1CCN(CCCNc2cc(-c3ccccc3)nc3ncnn23)CC1. The Hall–Kier alpha value is -3.20. The number of carbonyl (C=O) groups is 1. The maximum Gasteiger partial charge on any atom is 0.410 e. The summed E-state index contributed by atoms with van der Waals surface area (Å²) in [5.74, 6) is 1.45. The number of anilines is 1. The van der Waals surface area contributed by atoms with E-state index in [1.165, 1.54) is 6.33 Å². The van der Waals surface area contributed by atoms with E-state index in [4.69, 9.17) is 4.74 Å². The summed E-state index contributed by atoms with van der Waals surface area (Å²) in [6.07, 6.45) is 2.28. The first-order chi connectivity index (χ1) is 15.4. The Balaban J connectivity index is 1.28. The summed E-state index contributed by atoms with van der Waals surface area (Å²) in [5.41, 5.74) is 1.46. The van der Waals surface area contributed by atoms with Crippen molar-refractivity contribution < 1.29 is 9.53 Å². The van der Waals surface area contributed by atoms with E-state index in [1.807, 2.05) is 57.2 Å². The van der Waals surface area contributed by atoms with E-state index in [1.54, 1.807) is 9.42 Å². The lowest BCUT2D eigenvalue weighted by molar-refractivity contribution is 0.0145. The fraction of sp³-hybridized carbons (Fsp3) is 0.478. The van der Waals surface area contributed by atoms with Crippen LogP contribution in [-0.2, 0) is 4.74 Å². The molecule has 1 aromatic carbocycles. The van der Waals surface area contributed by atoms with E-state index in [0.717, 1.165) is 49.7 Å². The van der Waals surface area contributed by atoms with Crippen molar-refractivity contribution in [2.45, 2.75) is 32.8 Å². The fourth-order valence-corrected chi connectivity index (χ4v) is 3.69. The van der Waals surface area contributed by atoms with Crippen molar-refractivity contribution in [1.82, 2.24) is 29.4 Å². The Kier molecular flexibility index (Phi) is 6.55. The Morgan fingerprint density at radius 1 is 1.12 bits per heavy atom. The first-order valence-electron chi connectivity index (χ1n) is 11.1. The Morgan fingerprint density at radius 2 is 1.88 bits per heavy atom. The van der Waals surface area contributed by atoms with Gasteiger partial charge in [0.15, 0.2) is 0 Å². The van der Waals surface area contributed by atoms with Crippen LogP contribution < -0.4 is 5.32 Å². The standard InChI is InChI=1S/C23H31N7O2/c1-23(2,3)32-22(31)29-14-12-28(13-15-29)11-7-10-24-20-16-19(18-8-5-4-6-9-18)27-21-25-17-26-30(20)21/h4-6,8-9,16-17,24H,7,10-15H2,1-3H3. The van der Waals surface area contributed by atoms with Gasteiger partial charge in [-0.15, -0.1) is 0 Å². The molecule has 1 amide bonds. The number of fused-ring (bicyclic) bond motifs is 1. The molecule has 9 nitrogen and oxygen atoms in total. The van der Waals surface area contributed by atoms with Crippen molar-refractivity contribution >= 4 is 17.7 Å². The van der Waals surface area contributed by atoms with Gasteiger partial charge in [0.2, 0.25) is 0 Å². The minimum absolute atomic E-state index is 0.220. The zero-order chi connectivity index (χ0) is 22.6. The summed E-state index contributed by atoms with van der Waals surface area (Å²) < 4.78 is 7.20. The molecule has 0 atom stereocenters. The quantitative estimate of drug-likeness (QED) is 0.593. The molecule has 9 heteroatoms. The summed E-state index contributed by atoms with van der Waals surface area (Å²) in [6, 6.07) is 12.1. The number of hydrogen-bond acceptors (Lipinski definition) is 7. The van der Waals surface area contributed by atoms with Gasteiger partial charge in [-0.3, -0.25) is 4.90 Å². The van der Waals surface area contributed by atoms with Crippen molar-refractivity contribution in [1.29, 1.82) is 0 Å². The largest absolute Gasteiger partial charge is 0.444 e. The summed E-state index contributed by atoms with van der Waals surface area (Å²) in [6.45, 7) is 10.6. The van der Waals surface area contributed by atoms with Gasteiger partial charge in [0.05, 0.1) is 5.69 Å². The predicted molar refractivity (Wildman–Crippen MR) is 124 cm³/mol. The fourth-order valence-electron chi connectivity index (χ4n) is 3.69. The Labute approximate surface area is 188 Å². The van der Waals surface area contributed by atoms with Crippen molar-refractivity contribution in [3.63, 3.8) is 0 Å². The molecule has 170 valence electrons. The number of amides is 1. The molecule has 0 spiro atoms. The molecule has 3 heterocycles. The molecular formula is C23H31N7O2. The van der Waals surface area contributed by atoms with Crippen molar-refractivity contribution in [3.8, 4) is 11.3 Å². The van der Waals surface area contributed by atoms with Gasteiger partial charge in [-0.25, -0.2) is 9.78 Å². The van der Waals surface area contributed by atoms with Crippen LogP contribution in [0, 0.1) is 0 Å². The highest BCUT2D eigenvalue weighted by Crippen LogP contribution is 2.21. The normalized spacial score (nSPS) is 15.2. The minimum atomic E-state index is -0.456. The predicted octanol–water partition coefficient (Wildman–Crippen LogP) is 3.15. The molecular weight excluding hydrogens is 406 g/mol. The Bertz CT molecular complexity index is 1040. The van der Waals surface area contributed by atoms with Gasteiger partial charge in [-0.1, -0.05) is 30.3 Å². The Morgan fingerprint density at radius 3 is 2.59 bits per heavy atom. The van der Waals surface area contributed by atoms with E-state index in [2.05, 4.69) is 25.3 Å². The molecule has 0 bridgehead atoms. The number of aromatic nitrogens is 4. The maximum absolute atomic E-state index is 12.2. The van der Waals surface area contributed by atoms with Crippen LogP contribution in [0.25, 0.3) is 17.0 Å². The first kappa shape index (κ1) is 22.0. The lowest BCUT2D eigenvalue weighted by atomic mass is 10.1. The molecule has 1 saturated heterocycles. The van der Waals surface area contributed by atoms with E-state index in [9.17, 15) is 4.79 Å². The molecule has 1 aliphatic heterocycles. The highest BCUT2D eigenvalue weighted by atomic mass is 16.6. The maximum atomic E-state index is 12.2. The lowest BCUT2D eigenvalue weighted by Crippen LogP contribution is -2.50. The van der Waals surface area contributed by atoms with Gasteiger partial charge in [0.1, 0.15) is 17.7 Å². The van der Waals surface area contributed by atoms with Crippen LogP contribution in [0.5, 0.6) is 0 Å². The van der Waals surface area contributed by atoms with Crippen molar-refractivity contribution in [2.24, 2.45) is 0 Å².